The molecule has 6 fully saturated rings. The van der Waals surface area contributed by atoms with Crippen molar-refractivity contribution < 1.29 is 57.2 Å². The summed E-state index contributed by atoms with van der Waals surface area (Å²) in [5, 5.41) is -3.27. The van der Waals surface area contributed by atoms with Gasteiger partial charge in [-0.05, 0) is 0 Å². The van der Waals surface area contributed by atoms with Crippen molar-refractivity contribution >= 4 is 39.2 Å². The van der Waals surface area contributed by atoms with E-state index in [-0.39, 0.29) is 26.1 Å². The highest BCUT2D eigenvalue weighted by atomic mass is 33.1. The Morgan fingerprint density at radius 2 is 0.706 bits per heavy atom. The van der Waals surface area contributed by atoms with E-state index in [1.807, 2.05) is 0 Å². The van der Waals surface area contributed by atoms with E-state index in [4.69, 9.17) is 28.4 Å². The molecule has 0 amide bonds. The molecule has 0 radical (unpaired) electrons. The van der Waals surface area contributed by atoms with E-state index in [0.717, 1.165) is 0 Å². The molecular weight excluding hydrogens is 528 g/mol. The lowest BCUT2D eigenvalue weighted by Gasteiger charge is -2.69. The first-order valence-electron chi connectivity index (χ1n) is 11.5. The molecule has 0 aromatic carbocycles. The lowest BCUT2D eigenvalue weighted by atomic mass is 9.75. The zero-order valence-corrected chi connectivity index (χ0v) is 22.1. The van der Waals surface area contributed by atoms with E-state index in [2.05, 4.69) is 0 Å². The van der Waals surface area contributed by atoms with Gasteiger partial charge in [0.05, 0.1) is 39.6 Å². The van der Waals surface area contributed by atoms with Crippen molar-refractivity contribution in [1.29, 1.82) is 0 Å². The van der Waals surface area contributed by atoms with E-state index < -0.39 is 49.1 Å². The Labute approximate surface area is 206 Å². The Morgan fingerprint density at radius 3 is 0.824 bits per heavy atom. The molecule has 0 aromatic heterocycles. The third-order valence-electron chi connectivity index (χ3n) is 8.67. The van der Waals surface area contributed by atoms with Crippen LogP contribution in [0.5, 0.6) is 0 Å². The first kappa shape index (κ1) is 25.0. The molecule has 0 aliphatic carbocycles. The highest BCUT2D eigenvalue weighted by Gasteiger charge is 2.84. The van der Waals surface area contributed by atoms with Gasteiger partial charge in [-0.3, -0.25) is 0 Å². The van der Waals surface area contributed by atoms with Crippen molar-refractivity contribution in [3.05, 3.63) is 0 Å². The molecule has 0 bridgehead atoms. The molecule has 6 heterocycles. The molecule has 194 valence electrons. The van der Waals surface area contributed by atoms with Crippen molar-refractivity contribution in [3.63, 3.8) is 0 Å². The fourth-order valence-electron chi connectivity index (χ4n) is 6.40. The van der Waals surface area contributed by atoms with Crippen LogP contribution in [0.4, 0.5) is 0 Å². The Kier molecular flexibility index (Phi) is 5.59. The molecule has 6 saturated heterocycles. The quantitative estimate of drug-likeness (QED) is 0.137. The summed E-state index contributed by atoms with van der Waals surface area (Å²) >= 11 is 0. The molecule has 6 rings (SSSR count). The largest absolute Gasteiger partial charge is 0.529 e. The van der Waals surface area contributed by atoms with Crippen LogP contribution in [0.2, 0.25) is 0 Å². The molecular formula is C18H30O12S2Si2. The van der Waals surface area contributed by atoms with Gasteiger partial charge in [-0.2, -0.15) is 0 Å². The van der Waals surface area contributed by atoms with Crippen LogP contribution in [0.15, 0.2) is 0 Å². The van der Waals surface area contributed by atoms with Gasteiger partial charge >= 0.3 is 17.6 Å². The molecule has 6 atom stereocenters. The van der Waals surface area contributed by atoms with Gasteiger partial charge in [-0.1, -0.05) is 21.6 Å². The van der Waals surface area contributed by atoms with Crippen LogP contribution in [0.25, 0.3) is 0 Å². The maximum atomic E-state index is 10.4. The number of rotatable bonds is 9. The predicted octanol–water partition coefficient (Wildman–Crippen LogP) is -1.85. The second-order valence-electron chi connectivity index (χ2n) is 9.84. The van der Waals surface area contributed by atoms with Crippen LogP contribution < -0.4 is 0 Å². The highest BCUT2D eigenvalue weighted by Crippen LogP contribution is 2.70. The zero-order valence-electron chi connectivity index (χ0n) is 18.4. The molecule has 16 heteroatoms. The second-order valence-corrected chi connectivity index (χ2v) is 16.7. The zero-order chi connectivity index (χ0) is 24.1. The predicted molar refractivity (Wildman–Crippen MR) is 120 cm³/mol. The lowest BCUT2D eigenvalue weighted by Crippen LogP contribution is -2.87. The summed E-state index contributed by atoms with van der Waals surface area (Å²) in [7, 11) is -7.00. The van der Waals surface area contributed by atoms with Crippen LogP contribution in [-0.2, 0) is 28.4 Å². The van der Waals surface area contributed by atoms with Crippen molar-refractivity contribution in [2.24, 2.45) is 0 Å². The van der Waals surface area contributed by atoms with Crippen LogP contribution in [0.3, 0.4) is 0 Å². The van der Waals surface area contributed by atoms with Crippen molar-refractivity contribution in [2.45, 2.75) is 70.0 Å². The molecule has 6 unspecified atom stereocenters. The topological polar surface area (TPSA) is 177 Å². The summed E-state index contributed by atoms with van der Waals surface area (Å²) in [6.07, 6.45) is 2.34. The average molecular weight is 559 g/mol. The van der Waals surface area contributed by atoms with E-state index in [1.165, 1.54) is 21.6 Å². The summed E-state index contributed by atoms with van der Waals surface area (Å²) in [5.74, 6) is 0. The monoisotopic (exact) mass is 558 g/mol. The Hall–Kier alpha value is 0.654. The standard InChI is InChI=1S/C18H30O12S2Si2/c19-33(20,21)17(5-11-29-17)13(1-7-25-13)15(3-9-27-15)31-32-16(4-10-28-16)14(2-8-26-14)18(6-12-30-18)34(22,23)24/h19-24H,1-12H2. The summed E-state index contributed by atoms with van der Waals surface area (Å²) in [4.78, 5) is 60.3. The Bertz CT molecular complexity index is 756. The molecule has 6 aliphatic heterocycles. The first-order valence-corrected chi connectivity index (χ1v) is 17.3. The van der Waals surface area contributed by atoms with Gasteiger partial charge in [0.15, 0.2) is 20.3 Å². The minimum absolute atomic E-state index is 0.234. The maximum absolute atomic E-state index is 10.4. The smallest absolute Gasteiger partial charge is 0.388 e. The molecule has 6 aliphatic rings. The fraction of sp³-hybridized carbons (Fsp3) is 1.00. The van der Waals surface area contributed by atoms with Gasteiger partial charge in [0.1, 0.15) is 11.2 Å². The maximum Gasteiger partial charge on any atom is 0.529 e. The van der Waals surface area contributed by atoms with Gasteiger partial charge in [0.25, 0.3) is 0 Å². The Morgan fingerprint density at radius 1 is 0.441 bits per heavy atom. The summed E-state index contributed by atoms with van der Waals surface area (Å²) in [6, 6.07) is 0. The minimum Gasteiger partial charge on any atom is -0.388 e. The van der Waals surface area contributed by atoms with Crippen molar-refractivity contribution in [3.8, 4) is 0 Å². The normalized spacial score (nSPS) is 50.6. The van der Waals surface area contributed by atoms with Crippen LogP contribution in [0, 0.1) is 0 Å². The molecule has 0 aromatic rings. The van der Waals surface area contributed by atoms with Crippen molar-refractivity contribution in [2.75, 3.05) is 39.6 Å². The molecule has 0 spiro atoms. The van der Waals surface area contributed by atoms with Gasteiger partial charge in [-0.25, -0.2) is 0 Å². The molecule has 0 saturated carbocycles. The van der Waals surface area contributed by atoms with Crippen LogP contribution >= 0.6 is 21.6 Å². The lowest BCUT2D eigenvalue weighted by molar-refractivity contribution is -0.358. The van der Waals surface area contributed by atoms with E-state index in [9.17, 15) is 28.8 Å². The number of hydrogen-bond donors (Lipinski definition) is 6. The van der Waals surface area contributed by atoms with Gasteiger partial charge in [-0.15, -0.1) is 0 Å². The van der Waals surface area contributed by atoms with Crippen molar-refractivity contribution in [1.82, 2.24) is 0 Å². The second kappa shape index (κ2) is 7.61. The number of hydrogen-bond acceptors (Lipinski definition) is 14. The molecule has 6 N–H and O–H groups in total. The molecule has 12 nitrogen and oxygen atoms in total. The van der Waals surface area contributed by atoms with Crippen LogP contribution in [0.1, 0.15) is 38.5 Å². The fourth-order valence-corrected chi connectivity index (χ4v) is 14.1. The third-order valence-corrected chi connectivity index (χ3v) is 16.2. The minimum atomic E-state index is -4.79. The van der Waals surface area contributed by atoms with Crippen LogP contribution in [-0.4, -0.2) is 118 Å². The van der Waals surface area contributed by atoms with Gasteiger partial charge in [0.2, 0.25) is 0 Å². The average Bonchev–Trinajstić information content (AvgIpc) is 2.50. The first-order chi connectivity index (χ1) is 15.9. The third kappa shape index (κ3) is 2.72. The number of ether oxygens (including phenoxy) is 6. The van der Waals surface area contributed by atoms with E-state index >= 15 is 0 Å². The highest BCUT2D eigenvalue weighted by molar-refractivity contribution is 8.77. The van der Waals surface area contributed by atoms with E-state index in [1.54, 1.807) is 0 Å². The Balaban J connectivity index is 1.32. The molecule has 34 heavy (non-hydrogen) atoms. The summed E-state index contributed by atoms with van der Waals surface area (Å²) < 4.78 is 35.6. The van der Waals surface area contributed by atoms with Gasteiger partial charge < -0.3 is 57.2 Å². The van der Waals surface area contributed by atoms with Gasteiger partial charge in [0, 0.05) is 38.5 Å². The summed E-state index contributed by atoms with van der Waals surface area (Å²) in [5.41, 5.74) is -2.52. The van der Waals surface area contributed by atoms with E-state index in [0.29, 0.717) is 52.1 Å². The SMILES string of the molecule is O[Si](O)(O)C1(C2(C3(SSC4(C5(C6([Si](O)(O)O)CCO6)CCO5)CCO4)CCO3)CCO2)CCO1. The summed E-state index contributed by atoms with van der Waals surface area (Å²) in [6.45, 7) is 2.13.